The first-order valence-corrected chi connectivity index (χ1v) is 7.03. The van der Waals surface area contributed by atoms with Crippen LogP contribution in [0.25, 0.3) is 0 Å². The molecule has 120 valence electrons. The van der Waals surface area contributed by atoms with Crippen LogP contribution in [-0.4, -0.2) is 18.4 Å². The van der Waals surface area contributed by atoms with Crippen LogP contribution < -0.4 is 10.2 Å². The van der Waals surface area contributed by atoms with Gasteiger partial charge in [-0.1, -0.05) is 11.6 Å². The Bertz CT molecular complexity index is 735. The number of anilines is 2. The summed E-state index contributed by atoms with van der Waals surface area (Å²) >= 11 is 5.69. The minimum absolute atomic E-state index is 0.146. The van der Waals surface area contributed by atoms with Crippen LogP contribution in [0.2, 0.25) is 5.02 Å². The van der Waals surface area contributed by atoms with Gasteiger partial charge in [0.05, 0.1) is 5.02 Å². The topological polar surface area (TPSA) is 49.4 Å². The zero-order valence-electron chi connectivity index (χ0n) is 12.1. The molecule has 7 heteroatoms. The van der Waals surface area contributed by atoms with E-state index in [-0.39, 0.29) is 11.6 Å². The third-order valence-corrected chi connectivity index (χ3v) is 3.31. The van der Waals surface area contributed by atoms with E-state index in [1.165, 1.54) is 43.3 Å². The largest absolute Gasteiger partial charge is 0.325 e. The molecule has 1 N–H and O–H groups in total. The zero-order valence-corrected chi connectivity index (χ0v) is 12.9. The molecule has 2 aromatic carbocycles. The van der Waals surface area contributed by atoms with Crippen LogP contribution in [0.4, 0.5) is 20.2 Å². The van der Waals surface area contributed by atoms with E-state index < -0.39 is 23.4 Å². The van der Waals surface area contributed by atoms with Gasteiger partial charge in [-0.3, -0.25) is 9.59 Å². The van der Waals surface area contributed by atoms with E-state index in [9.17, 15) is 18.4 Å². The first kappa shape index (κ1) is 16.9. The van der Waals surface area contributed by atoms with Gasteiger partial charge >= 0.3 is 0 Å². The van der Waals surface area contributed by atoms with E-state index in [4.69, 9.17) is 11.6 Å². The molecule has 0 saturated carbocycles. The summed E-state index contributed by atoms with van der Waals surface area (Å²) in [5, 5.41) is 2.40. The van der Waals surface area contributed by atoms with Crippen molar-refractivity contribution in [3.8, 4) is 0 Å². The Labute approximate surface area is 136 Å². The standard InChI is InChI=1S/C16H13ClF2N2O2/c1-10(22)21(13-6-7-15(19)14(17)8-13)9-16(23)20-12-4-2-11(18)3-5-12/h2-8H,9H2,1H3,(H,20,23). The van der Waals surface area contributed by atoms with Crippen molar-refractivity contribution in [1.82, 2.24) is 0 Å². The van der Waals surface area contributed by atoms with Gasteiger partial charge in [0.25, 0.3) is 0 Å². The molecule has 0 aliphatic carbocycles. The Morgan fingerprint density at radius 2 is 1.78 bits per heavy atom. The second kappa shape index (κ2) is 7.19. The smallest absolute Gasteiger partial charge is 0.244 e. The number of carbonyl (C=O) groups is 2. The van der Waals surface area contributed by atoms with Crippen molar-refractivity contribution in [2.75, 3.05) is 16.8 Å². The van der Waals surface area contributed by atoms with Crippen molar-refractivity contribution in [1.29, 1.82) is 0 Å². The van der Waals surface area contributed by atoms with Crippen LogP contribution in [0.15, 0.2) is 42.5 Å². The van der Waals surface area contributed by atoms with Crippen molar-refractivity contribution in [3.05, 3.63) is 59.1 Å². The molecule has 4 nitrogen and oxygen atoms in total. The van der Waals surface area contributed by atoms with Gasteiger partial charge in [0, 0.05) is 18.3 Å². The van der Waals surface area contributed by atoms with Gasteiger partial charge in [0.2, 0.25) is 11.8 Å². The monoisotopic (exact) mass is 338 g/mol. The number of nitrogens with zero attached hydrogens (tertiary/aromatic N) is 1. The molecule has 2 aromatic rings. The van der Waals surface area contributed by atoms with E-state index in [1.54, 1.807) is 0 Å². The fourth-order valence-corrected chi connectivity index (χ4v) is 2.09. The molecule has 0 unspecified atom stereocenters. The number of halogens is 3. The van der Waals surface area contributed by atoms with E-state index in [2.05, 4.69) is 5.32 Å². The van der Waals surface area contributed by atoms with E-state index in [0.29, 0.717) is 11.4 Å². The molecule has 0 heterocycles. The van der Waals surface area contributed by atoms with Crippen LogP contribution in [0.3, 0.4) is 0 Å². The predicted molar refractivity (Wildman–Crippen MR) is 84.5 cm³/mol. The van der Waals surface area contributed by atoms with Gasteiger partial charge in [-0.2, -0.15) is 0 Å². The quantitative estimate of drug-likeness (QED) is 0.925. The summed E-state index contributed by atoms with van der Waals surface area (Å²) in [5.74, 6) is -1.92. The molecule has 0 saturated heterocycles. The lowest BCUT2D eigenvalue weighted by Gasteiger charge is -2.21. The summed E-state index contributed by atoms with van der Waals surface area (Å²) in [4.78, 5) is 24.9. The maximum atomic E-state index is 13.2. The molecule has 0 aromatic heterocycles. The van der Waals surface area contributed by atoms with E-state index in [1.807, 2.05) is 0 Å². The lowest BCUT2D eigenvalue weighted by atomic mass is 10.2. The van der Waals surface area contributed by atoms with Crippen molar-refractivity contribution >= 4 is 34.8 Å². The highest BCUT2D eigenvalue weighted by Gasteiger charge is 2.17. The number of amides is 2. The molecule has 0 atom stereocenters. The Kier molecular flexibility index (Phi) is 5.28. The van der Waals surface area contributed by atoms with E-state index >= 15 is 0 Å². The summed E-state index contributed by atoms with van der Waals surface area (Å²) in [6.45, 7) is 0.997. The Balaban J connectivity index is 2.12. The number of benzene rings is 2. The number of hydrogen-bond acceptors (Lipinski definition) is 2. The number of nitrogens with one attached hydrogen (secondary N) is 1. The summed E-state index contributed by atoms with van der Waals surface area (Å²) in [6, 6.07) is 8.96. The third-order valence-electron chi connectivity index (χ3n) is 3.02. The Morgan fingerprint density at radius 1 is 1.13 bits per heavy atom. The summed E-state index contributed by atoms with van der Waals surface area (Å²) < 4.78 is 26.0. The van der Waals surface area contributed by atoms with Crippen molar-refractivity contribution < 1.29 is 18.4 Å². The molecule has 2 rings (SSSR count). The second-order valence-corrected chi connectivity index (χ2v) is 5.17. The fourth-order valence-electron chi connectivity index (χ4n) is 1.91. The van der Waals surface area contributed by atoms with Gasteiger partial charge < -0.3 is 10.2 Å². The third kappa shape index (κ3) is 4.50. The fraction of sp³-hybridized carbons (Fsp3) is 0.125. The normalized spacial score (nSPS) is 10.3. The Hall–Kier alpha value is -2.47. The van der Waals surface area contributed by atoms with Gasteiger partial charge in [0.1, 0.15) is 18.2 Å². The average Bonchev–Trinajstić information content (AvgIpc) is 2.50. The summed E-state index contributed by atoms with van der Waals surface area (Å²) in [5.41, 5.74) is 0.704. The molecule has 23 heavy (non-hydrogen) atoms. The van der Waals surface area contributed by atoms with Gasteiger partial charge in [-0.05, 0) is 42.5 Å². The van der Waals surface area contributed by atoms with Crippen LogP contribution in [0.1, 0.15) is 6.92 Å². The lowest BCUT2D eigenvalue weighted by molar-refractivity contribution is -0.120. The molecule has 0 bridgehead atoms. The zero-order chi connectivity index (χ0) is 17.0. The van der Waals surface area contributed by atoms with Crippen molar-refractivity contribution in [3.63, 3.8) is 0 Å². The van der Waals surface area contributed by atoms with Gasteiger partial charge in [0.15, 0.2) is 0 Å². The van der Waals surface area contributed by atoms with E-state index in [0.717, 1.165) is 11.0 Å². The number of carbonyl (C=O) groups excluding carboxylic acids is 2. The summed E-state index contributed by atoms with van der Waals surface area (Å²) in [7, 11) is 0. The first-order chi connectivity index (χ1) is 10.9. The molecule has 0 spiro atoms. The Morgan fingerprint density at radius 3 is 2.35 bits per heavy atom. The van der Waals surface area contributed by atoms with Crippen LogP contribution in [0.5, 0.6) is 0 Å². The molecule has 0 fully saturated rings. The number of rotatable bonds is 4. The average molecular weight is 339 g/mol. The highest BCUT2D eigenvalue weighted by atomic mass is 35.5. The maximum absolute atomic E-state index is 13.2. The van der Waals surface area contributed by atoms with Crippen LogP contribution in [0, 0.1) is 11.6 Å². The van der Waals surface area contributed by atoms with Crippen molar-refractivity contribution in [2.45, 2.75) is 6.92 Å². The number of hydrogen-bond donors (Lipinski definition) is 1. The van der Waals surface area contributed by atoms with Gasteiger partial charge in [-0.25, -0.2) is 8.78 Å². The van der Waals surface area contributed by atoms with Crippen molar-refractivity contribution in [2.24, 2.45) is 0 Å². The second-order valence-electron chi connectivity index (χ2n) is 4.76. The summed E-state index contributed by atoms with van der Waals surface area (Å²) in [6.07, 6.45) is 0. The highest BCUT2D eigenvalue weighted by molar-refractivity contribution is 6.31. The molecular formula is C16H13ClF2N2O2. The SMILES string of the molecule is CC(=O)N(CC(=O)Nc1ccc(F)cc1)c1ccc(F)c(Cl)c1. The molecule has 0 aliphatic heterocycles. The minimum atomic E-state index is -0.616. The first-order valence-electron chi connectivity index (χ1n) is 6.65. The van der Waals surface area contributed by atoms with Gasteiger partial charge in [-0.15, -0.1) is 0 Å². The molecule has 2 amide bonds. The molecular weight excluding hydrogens is 326 g/mol. The molecule has 0 aliphatic rings. The molecule has 0 radical (unpaired) electrons. The maximum Gasteiger partial charge on any atom is 0.244 e. The van der Waals surface area contributed by atoms with Crippen LogP contribution in [-0.2, 0) is 9.59 Å². The predicted octanol–water partition coefficient (Wildman–Crippen LogP) is 3.61. The minimum Gasteiger partial charge on any atom is -0.325 e. The van der Waals surface area contributed by atoms with Crippen LogP contribution >= 0.6 is 11.6 Å². The highest BCUT2D eigenvalue weighted by Crippen LogP contribution is 2.23. The lowest BCUT2D eigenvalue weighted by Crippen LogP contribution is -2.36.